The summed E-state index contributed by atoms with van der Waals surface area (Å²) in [6, 6.07) is 3.24. The SMILES string of the molecule is CCc1nc(C(=O)Nc2c(Cl)cccc2C(F)(F)F)n[nH]1. The average Bonchev–Trinajstić information content (AvgIpc) is 2.88. The molecule has 0 aliphatic heterocycles. The van der Waals surface area contributed by atoms with Gasteiger partial charge in [-0.15, -0.1) is 5.10 Å². The molecule has 5 nitrogen and oxygen atoms in total. The number of nitrogens with one attached hydrogen (secondary N) is 2. The first-order chi connectivity index (χ1) is 9.82. The molecule has 0 aliphatic carbocycles. The van der Waals surface area contributed by atoms with E-state index in [0.29, 0.717) is 12.2 Å². The number of halogens is 4. The van der Waals surface area contributed by atoms with Crippen LogP contribution in [0.2, 0.25) is 5.02 Å². The van der Waals surface area contributed by atoms with E-state index in [4.69, 9.17) is 11.6 Å². The number of benzene rings is 1. The van der Waals surface area contributed by atoms with Crippen molar-refractivity contribution in [1.29, 1.82) is 0 Å². The van der Waals surface area contributed by atoms with Gasteiger partial charge < -0.3 is 5.32 Å². The summed E-state index contributed by atoms with van der Waals surface area (Å²) in [6.45, 7) is 1.79. The monoisotopic (exact) mass is 318 g/mol. The van der Waals surface area contributed by atoms with Crippen LogP contribution in [0.25, 0.3) is 0 Å². The minimum atomic E-state index is -4.64. The first kappa shape index (κ1) is 15.3. The lowest BCUT2D eigenvalue weighted by atomic mass is 10.1. The maximum Gasteiger partial charge on any atom is 0.418 e. The fraction of sp³-hybridized carbons (Fsp3) is 0.250. The van der Waals surface area contributed by atoms with E-state index in [0.717, 1.165) is 12.1 Å². The molecular weight excluding hydrogens is 309 g/mol. The zero-order chi connectivity index (χ0) is 15.6. The first-order valence-electron chi connectivity index (χ1n) is 5.91. The van der Waals surface area contributed by atoms with Gasteiger partial charge in [-0.2, -0.15) is 13.2 Å². The van der Waals surface area contributed by atoms with Crippen LogP contribution in [-0.4, -0.2) is 21.1 Å². The second kappa shape index (κ2) is 5.72. The predicted octanol–water partition coefficient (Wildman–Crippen LogP) is 3.29. The number of anilines is 1. The number of hydrogen-bond donors (Lipinski definition) is 2. The van der Waals surface area contributed by atoms with Gasteiger partial charge in [0.1, 0.15) is 5.82 Å². The zero-order valence-electron chi connectivity index (χ0n) is 10.8. The molecule has 9 heteroatoms. The molecule has 0 saturated carbocycles. The van der Waals surface area contributed by atoms with E-state index >= 15 is 0 Å². The van der Waals surface area contributed by atoms with E-state index in [1.807, 2.05) is 0 Å². The third-order valence-corrected chi connectivity index (χ3v) is 2.94. The molecule has 2 aromatic rings. The molecule has 2 N–H and O–H groups in total. The van der Waals surface area contributed by atoms with Gasteiger partial charge >= 0.3 is 6.18 Å². The first-order valence-corrected chi connectivity index (χ1v) is 6.29. The predicted molar refractivity (Wildman–Crippen MR) is 70.2 cm³/mol. The number of nitrogens with zero attached hydrogens (tertiary/aromatic N) is 2. The number of amides is 1. The summed E-state index contributed by atoms with van der Waals surface area (Å²) in [7, 11) is 0. The summed E-state index contributed by atoms with van der Waals surface area (Å²) >= 11 is 5.74. The number of aromatic nitrogens is 3. The normalized spacial score (nSPS) is 11.5. The molecule has 1 heterocycles. The van der Waals surface area contributed by atoms with Crippen molar-refractivity contribution in [1.82, 2.24) is 15.2 Å². The largest absolute Gasteiger partial charge is 0.418 e. The van der Waals surface area contributed by atoms with Gasteiger partial charge in [-0.25, -0.2) is 4.98 Å². The van der Waals surface area contributed by atoms with Crippen LogP contribution in [-0.2, 0) is 12.6 Å². The van der Waals surface area contributed by atoms with Gasteiger partial charge in [0.05, 0.1) is 16.3 Å². The Morgan fingerprint density at radius 1 is 1.43 bits per heavy atom. The topological polar surface area (TPSA) is 70.7 Å². The number of carbonyl (C=O) groups is 1. The number of para-hydroxylation sites is 1. The Labute approximate surface area is 122 Å². The van der Waals surface area contributed by atoms with Crippen molar-refractivity contribution in [2.24, 2.45) is 0 Å². The van der Waals surface area contributed by atoms with Crippen molar-refractivity contribution in [3.05, 3.63) is 40.4 Å². The Kier molecular flexibility index (Phi) is 4.17. The number of hydrogen-bond acceptors (Lipinski definition) is 3. The molecular formula is C12H10ClF3N4O. The number of aryl methyl sites for hydroxylation is 1. The molecule has 0 radical (unpaired) electrons. The van der Waals surface area contributed by atoms with Gasteiger partial charge in [0.25, 0.3) is 5.91 Å². The van der Waals surface area contributed by atoms with Crippen molar-refractivity contribution in [3.63, 3.8) is 0 Å². The molecule has 0 bridgehead atoms. The van der Waals surface area contributed by atoms with Crippen molar-refractivity contribution < 1.29 is 18.0 Å². The molecule has 1 amide bonds. The average molecular weight is 319 g/mol. The van der Waals surface area contributed by atoms with E-state index in [1.54, 1.807) is 6.92 Å². The number of carbonyl (C=O) groups excluding carboxylic acids is 1. The summed E-state index contributed by atoms with van der Waals surface area (Å²) < 4.78 is 38.7. The summed E-state index contributed by atoms with van der Waals surface area (Å²) in [5.41, 5.74) is -1.55. The minimum absolute atomic E-state index is 0.218. The molecule has 0 fully saturated rings. The number of aromatic amines is 1. The van der Waals surface area contributed by atoms with E-state index < -0.39 is 23.3 Å². The smallest absolute Gasteiger partial charge is 0.317 e. The van der Waals surface area contributed by atoms with Crippen LogP contribution in [0.4, 0.5) is 18.9 Å². The summed E-state index contributed by atoms with van der Waals surface area (Å²) in [6.07, 6.45) is -4.12. The van der Waals surface area contributed by atoms with Crippen LogP contribution >= 0.6 is 11.6 Å². The molecule has 0 spiro atoms. The second-order valence-corrected chi connectivity index (χ2v) is 4.48. The molecule has 2 rings (SSSR count). The lowest BCUT2D eigenvalue weighted by Crippen LogP contribution is -2.18. The third kappa shape index (κ3) is 3.33. The van der Waals surface area contributed by atoms with E-state index in [2.05, 4.69) is 20.5 Å². The van der Waals surface area contributed by atoms with Crippen molar-refractivity contribution >= 4 is 23.2 Å². The molecule has 0 saturated heterocycles. The molecule has 1 aromatic heterocycles. The van der Waals surface area contributed by atoms with Crippen LogP contribution in [0.5, 0.6) is 0 Å². The number of alkyl halides is 3. The van der Waals surface area contributed by atoms with Gasteiger partial charge in [0.2, 0.25) is 5.82 Å². The Morgan fingerprint density at radius 2 is 2.14 bits per heavy atom. The van der Waals surface area contributed by atoms with Gasteiger partial charge in [0, 0.05) is 6.42 Å². The van der Waals surface area contributed by atoms with Gasteiger partial charge in [-0.3, -0.25) is 9.89 Å². The van der Waals surface area contributed by atoms with E-state index in [-0.39, 0.29) is 10.8 Å². The summed E-state index contributed by atoms with van der Waals surface area (Å²) in [4.78, 5) is 15.7. The maximum absolute atomic E-state index is 12.9. The molecule has 112 valence electrons. The lowest BCUT2D eigenvalue weighted by Gasteiger charge is -2.14. The van der Waals surface area contributed by atoms with Crippen molar-refractivity contribution in [3.8, 4) is 0 Å². The number of H-pyrrole nitrogens is 1. The standard InChI is InChI=1S/C12H10ClF3N4O/c1-2-8-17-10(20-19-8)11(21)18-9-6(12(14,15)16)4-3-5-7(9)13/h3-5H,2H2,1H3,(H,18,21)(H,17,19,20). The molecule has 21 heavy (non-hydrogen) atoms. The maximum atomic E-state index is 12.9. The molecule has 1 aromatic carbocycles. The Balaban J connectivity index is 2.33. The zero-order valence-corrected chi connectivity index (χ0v) is 11.5. The highest BCUT2D eigenvalue weighted by molar-refractivity contribution is 6.34. The molecule has 0 atom stereocenters. The minimum Gasteiger partial charge on any atom is -0.317 e. The van der Waals surface area contributed by atoms with Crippen LogP contribution in [0, 0.1) is 0 Å². The van der Waals surface area contributed by atoms with E-state index in [1.165, 1.54) is 6.07 Å². The van der Waals surface area contributed by atoms with Crippen molar-refractivity contribution in [2.75, 3.05) is 5.32 Å². The molecule has 0 aliphatic rings. The van der Waals surface area contributed by atoms with Crippen LogP contribution in [0.15, 0.2) is 18.2 Å². The summed E-state index contributed by atoms with van der Waals surface area (Å²) in [5, 5.41) is 8.02. The van der Waals surface area contributed by atoms with Crippen LogP contribution in [0.3, 0.4) is 0 Å². The van der Waals surface area contributed by atoms with Gasteiger partial charge in [-0.05, 0) is 12.1 Å². The fourth-order valence-electron chi connectivity index (χ4n) is 1.61. The van der Waals surface area contributed by atoms with Crippen molar-refractivity contribution in [2.45, 2.75) is 19.5 Å². The lowest BCUT2D eigenvalue weighted by molar-refractivity contribution is -0.136. The quantitative estimate of drug-likeness (QED) is 0.912. The highest BCUT2D eigenvalue weighted by Crippen LogP contribution is 2.38. The Morgan fingerprint density at radius 3 is 2.71 bits per heavy atom. The van der Waals surface area contributed by atoms with Gasteiger partial charge in [0.15, 0.2) is 0 Å². The highest BCUT2D eigenvalue weighted by Gasteiger charge is 2.35. The number of rotatable bonds is 3. The summed E-state index contributed by atoms with van der Waals surface area (Å²) in [5.74, 6) is -0.667. The Bertz CT molecular complexity index is 669. The van der Waals surface area contributed by atoms with Crippen LogP contribution in [0.1, 0.15) is 28.9 Å². The third-order valence-electron chi connectivity index (χ3n) is 2.63. The second-order valence-electron chi connectivity index (χ2n) is 4.07. The Hall–Kier alpha value is -2.09. The highest BCUT2D eigenvalue weighted by atomic mass is 35.5. The van der Waals surface area contributed by atoms with Gasteiger partial charge in [-0.1, -0.05) is 24.6 Å². The van der Waals surface area contributed by atoms with Crippen LogP contribution < -0.4 is 5.32 Å². The fourth-order valence-corrected chi connectivity index (χ4v) is 1.83. The van der Waals surface area contributed by atoms with E-state index in [9.17, 15) is 18.0 Å². The molecule has 0 unspecified atom stereocenters.